The number of fused-ring (bicyclic) bond motifs is 4. The quantitative estimate of drug-likeness (QED) is 0.0530. The molecule has 8 fully saturated rings. The van der Waals surface area contributed by atoms with Gasteiger partial charge in [0, 0.05) is 103 Å². The Kier molecular flexibility index (Phi) is 36.0. The summed E-state index contributed by atoms with van der Waals surface area (Å²) >= 11 is 0. The van der Waals surface area contributed by atoms with E-state index >= 15 is 0 Å². The summed E-state index contributed by atoms with van der Waals surface area (Å²) in [5.74, 6) is -5.95. The van der Waals surface area contributed by atoms with E-state index in [4.69, 9.17) is 99.8 Å². The number of hydrogen-bond acceptors (Lipinski definition) is 29. The zero-order valence-corrected chi connectivity index (χ0v) is 82.6. The molecule has 30 nitrogen and oxygen atoms in total. The fraction of sp³-hybridized carbons (Fsp3) is 0.721. The van der Waals surface area contributed by atoms with E-state index in [0.29, 0.717) is 92.1 Å². The van der Waals surface area contributed by atoms with Crippen LogP contribution in [0.3, 0.4) is 0 Å². The first kappa shape index (κ1) is 105. The standard InChI is InChI=1S/C49H75NO13.C48H73NO13.C7H6O2/c1-12-26(2)44-29(5)18-19-48(63-44)24-35-21-34(62-48)17-16-28(4)43(27(3)14-13-15-33-25-56-46-42(51)30(6)20-36(47(52)59-35)49(33,46)53)60-40-23-38(55-11)45(32(8)58-40)61-39-22-37(54-10)41(50-9)31(7)57-39;1-25(2)42-28(5)17-18-47(62-42)23-34-20-33(61-47)16-15-27(4)43(26(3)13-12-14-32-24-55-45-41(50)29(6)19-35(46(51)58-34)48(32,45)52)59-39-22-37(54-11)44(31(8)57-39)60-38-21-36(53-10)40(49-9)30(7)56-38;8-7(9)6-4-2-1-3-5-6/h13-16,18-20,26-27,29,31-32,34-46,50-51,53H,12,17,21-25H2,1-11H3;12-15,17-19,25-26,28,30-31,33-45,49-50,52H,16,20-24H2,1-11H3;1-5H,(H,8,9)/b14-13+,28-16+,33-15+;13-12-,27-15-,32-14-;/t26-,27-,29-,31+,32-,34+,35-,36-,37+,38-,39-,40-,41+,42+,43-,44+,45-,46+,48+,49+;26-,28-,30+,31-,33+,34-,35-,36+,37-,38-,39-,40+,41+,42+,43-,44-,45+,47+,48+;/m00./s1. The van der Waals surface area contributed by atoms with Crippen molar-refractivity contribution in [2.75, 3.05) is 55.7 Å². The number of carboxylic acid groups (broad SMARTS) is 1. The van der Waals surface area contributed by atoms with Gasteiger partial charge < -0.3 is 131 Å². The molecule has 0 amide bonds. The number of ether oxygens (including phenoxy) is 20. The van der Waals surface area contributed by atoms with Gasteiger partial charge in [-0.25, -0.2) is 4.79 Å². The minimum absolute atomic E-state index is 0.0407. The monoisotopic (exact) mass is 1880 g/mol. The molecule has 2 aliphatic carbocycles. The van der Waals surface area contributed by atoms with Crippen molar-refractivity contribution >= 4 is 17.9 Å². The van der Waals surface area contributed by atoms with Gasteiger partial charge in [0.2, 0.25) is 0 Å². The summed E-state index contributed by atoms with van der Waals surface area (Å²) in [5, 5.41) is 62.5. The SMILES string of the molecule is CC[C@H](C)[C@H]1O[C@]2(C=C[C@@H]1C)C[C@@H]1C[C@@H](C/C=C(\C)[C@@H](O[C@H]3C[C@H](OC)[C@@H](O[C@H]4C[C@@H](OC)[C@H](NC)[C@@H](C)O4)[C@H](C)O3)[C@@H](C)/C=C/C=C3\CO[C@@H]4[C@H](O)C(C)=C[C@@H](C(=O)O1)[C@]34O)O2.CN[C@@H]1[C@@H](C)O[C@@H](O[C@H]2[C@H](C)O[C@@H](O[C@@H]3/C(C)=C\C[C@@H]4C[C@@H](C[C@]5(C=C[C@H](C)[C@@H](C(C)C)O5)O4)OC(=O)[C@@H]4C=C(C)[C@@H](O)[C@H]5OC/C(=C/C=C\[C@@H]3C)[C@]54O)C[C@@H]2OC)C[C@H]1OC.O=C(O)c1ccccc1. The van der Waals surface area contributed by atoms with Gasteiger partial charge in [-0.1, -0.05) is 153 Å². The van der Waals surface area contributed by atoms with E-state index in [1.165, 1.54) is 0 Å². The maximum absolute atomic E-state index is 14.4. The molecule has 1 aromatic rings. The molecule has 4 bridgehead atoms. The number of aliphatic hydroxyl groups excluding tert-OH is 2. The van der Waals surface area contributed by atoms with Gasteiger partial charge in [0.15, 0.2) is 36.7 Å². The molecule has 1 aromatic carbocycles. The summed E-state index contributed by atoms with van der Waals surface area (Å²) in [4.78, 5) is 38.9. The number of allylic oxidation sites excluding steroid dienone is 4. The predicted octanol–water partition coefficient (Wildman–Crippen LogP) is 12.2. The number of carboxylic acids is 1. The van der Waals surface area contributed by atoms with E-state index in [2.05, 4.69) is 104 Å². The van der Waals surface area contributed by atoms with Crippen molar-refractivity contribution in [1.29, 1.82) is 0 Å². The second-order valence-corrected chi connectivity index (χ2v) is 40.1. The Bertz CT molecular complexity index is 4410. The third-order valence-electron chi connectivity index (χ3n) is 30.2. The summed E-state index contributed by atoms with van der Waals surface area (Å²) in [5.41, 5.74) is 0.686. The van der Waals surface area contributed by atoms with E-state index < -0.39 is 139 Å². The van der Waals surface area contributed by atoms with Crippen LogP contribution in [0.25, 0.3) is 0 Å². The lowest BCUT2D eigenvalue weighted by Gasteiger charge is -2.48. The van der Waals surface area contributed by atoms with Crippen molar-refractivity contribution in [3.05, 3.63) is 154 Å². The van der Waals surface area contributed by atoms with Crippen LogP contribution in [0.2, 0.25) is 0 Å². The van der Waals surface area contributed by atoms with Crippen LogP contribution >= 0.6 is 0 Å². The smallest absolute Gasteiger partial charge is 0.335 e. The Labute approximate surface area is 792 Å². The van der Waals surface area contributed by atoms with Crippen molar-refractivity contribution in [3.63, 3.8) is 0 Å². The number of aromatic carboxylic acids is 1. The topological polar surface area (TPSA) is 361 Å². The number of esters is 2. The van der Waals surface area contributed by atoms with E-state index in [1.54, 1.807) is 96.9 Å². The second kappa shape index (κ2) is 45.8. The summed E-state index contributed by atoms with van der Waals surface area (Å²) < 4.78 is 129. The fourth-order valence-electron chi connectivity index (χ4n) is 22.5. The van der Waals surface area contributed by atoms with Gasteiger partial charge in [0.25, 0.3) is 0 Å². The summed E-state index contributed by atoms with van der Waals surface area (Å²) in [6, 6.07) is 8.38. The van der Waals surface area contributed by atoms with E-state index in [-0.39, 0.29) is 134 Å². The Morgan fingerprint density at radius 2 is 0.881 bits per heavy atom. The minimum Gasteiger partial charge on any atom is -0.478 e. The molecule has 12 aliphatic heterocycles. The second-order valence-electron chi connectivity index (χ2n) is 40.1. The lowest BCUT2D eigenvalue weighted by molar-refractivity contribution is -0.312. The molecule has 0 aromatic heterocycles. The summed E-state index contributed by atoms with van der Waals surface area (Å²) in [6.07, 6.45) is 20.5. The van der Waals surface area contributed by atoms with Gasteiger partial charge in [-0.3, -0.25) is 9.59 Å². The van der Waals surface area contributed by atoms with Crippen LogP contribution in [0.5, 0.6) is 0 Å². The third kappa shape index (κ3) is 23.4. The summed E-state index contributed by atoms with van der Waals surface area (Å²) in [7, 11) is 10.6. The zero-order valence-electron chi connectivity index (χ0n) is 82.6. The number of carbonyl (C=O) groups is 3. The highest BCUT2D eigenvalue weighted by atomic mass is 16.8. The number of methoxy groups -OCH3 is 4. The van der Waals surface area contributed by atoms with E-state index in [9.17, 15) is 34.8 Å². The minimum atomic E-state index is -1.83. The first-order valence-electron chi connectivity index (χ1n) is 48.8. The van der Waals surface area contributed by atoms with Crippen molar-refractivity contribution < 1.29 is 135 Å². The number of hydrogen-bond donors (Lipinski definition) is 7. The van der Waals surface area contributed by atoms with Gasteiger partial charge in [-0.15, -0.1) is 0 Å². The van der Waals surface area contributed by atoms with Crippen LogP contribution in [0, 0.1) is 47.3 Å². The molecule has 14 aliphatic rings. The maximum Gasteiger partial charge on any atom is 0.335 e. The van der Waals surface area contributed by atoms with Crippen molar-refractivity contribution in [2.45, 2.75) is 376 Å². The molecule has 748 valence electrons. The number of benzene rings is 1. The van der Waals surface area contributed by atoms with Crippen LogP contribution in [-0.2, 0) is 104 Å². The van der Waals surface area contributed by atoms with Gasteiger partial charge in [0.05, 0.1) is 116 Å². The largest absolute Gasteiger partial charge is 0.478 e. The highest BCUT2D eigenvalue weighted by Crippen LogP contribution is 2.51. The highest BCUT2D eigenvalue weighted by molar-refractivity contribution is 5.87. The molecule has 0 unspecified atom stereocenters. The van der Waals surface area contributed by atoms with Crippen molar-refractivity contribution in [2.24, 2.45) is 47.3 Å². The van der Waals surface area contributed by atoms with Crippen LogP contribution in [0.15, 0.2) is 149 Å². The number of likely N-dealkylation sites (N-methyl/N-ethyl adjacent to an activating group) is 2. The number of carbonyl (C=O) groups excluding carboxylic acids is 2. The van der Waals surface area contributed by atoms with Crippen molar-refractivity contribution in [1.82, 2.24) is 10.6 Å². The Morgan fingerprint density at radius 1 is 0.493 bits per heavy atom. The Balaban J connectivity index is 0.000000207. The number of rotatable bonds is 18. The molecular formula is C104H154N2O28. The maximum atomic E-state index is 14.4. The number of nitrogens with one attached hydrogen (secondary N) is 2. The lowest BCUT2D eigenvalue weighted by Crippen LogP contribution is -2.58. The molecule has 134 heavy (non-hydrogen) atoms. The van der Waals surface area contributed by atoms with Crippen LogP contribution in [-0.4, -0.2) is 293 Å². The summed E-state index contributed by atoms with van der Waals surface area (Å²) in [6.45, 7) is 32.7. The fourth-order valence-corrected chi connectivity index (χ4v) is 22.5. The molecule has 12 heterocycles. The van der Waals surface area contributed by atoms with Crippen LogP contribution < -0.4 is 10.6 Å². The first-order valence-corrected chi connectivity index (χ1v) is 48.8. The first-order chi connectivity index (χ1) is 63.8. The molecule has 39 atom stereocenters. The molecule has 0 radical (unpaired) electrons. The highest BCUT2D eigenvalue weighted by Gasteiger charge is 2.63. The van der Waals surface area contributed by atoms with Crippen LogP contribution in [0.4, 0.5) is 0 Å². The lowest BCUT2D eigenvalue weighted by atomic mass is 9.71. The molecule has 2 spiro atoms. The van der Waals surface area contributed by atoms with E-state index in [0.717, 1.165) is 17.6 Å². The molecule has 30 heteroatoms. The Morgan fingerprint density at radius 3 is 1.26 bits per heavy atom. The van der Waals surface area contributed by atoms with Crippen LogP contribution in [0.1, 0.15) is 192 Å². The van der Waals surface area contributed by atoms with Gasteiger partial charge in [-0.05, 0) is 152 Å². The Hall–Kier alpha value is -5.93. The van der Waals surface area contributed by atoms with Gasteiger partial charge in [0.1, 0.15) is 71.9 Å². The predicted molar refractivity (Wildman–Crippen MR) is 497 cm³/mol. The molecule has 15 rings (SSSR count). The molecule has 0 saturated carbocycles. The molecular weight excluding hydrogens is 1730 g/mol. The normalized spacial score (nSPS) is 46.0. The van der Waals surface area contributed by atoms with Crippen molar-refractivity contribution in [3.8, 4) is 0 Å². The number of aliphatic hydroxyl groups is 4. The zero-order chi connectivity index (χ0) is 96.7. The van der Waals surface area contributed by atoms with E-state index in [1.807, 2.05) is 78.2 Å². The average molecular weight is 1880 g/mol. The average Bonchev–Trinajstić information content (AvgIpc) is 1.56. The molecule has 8 saturated heterocycles. The third-order valence-corrected chi connectivity index (χ3v) is 30.2. The van der Waals surface area contributed by atoms with Gasteiger partial charge in [-0.2, -0.15) is 0 Å². The molecule has 7 N–H and O–H groups in total. The van der Waals surface area contributed by atoms with Gasteiger partial charge >= 0.3 is 17.9 Å².